The van der Waals surface area contributed by atoms with Crippen molar-refractivity contribution in [2.75, 3.05) is 33.2 Å². The topological polar surface area (TPSA) is 32.5 Å². The molecule has 0 amide bonds. The molecule has 3 nitrogen and oxygen atoms in total. The predicted molar refractivity (Wildman–Crippen MR) is 86.1 cm³/mol. The summed E-state index contributed by atoms with van der Waals surface area (Å²) >= 11 is 5.97. The average Bonchev–Trinajstić information content (AvgIpc) is 2.47. The SMILES string of the molecule is CCN1CCC(N(C)C(CN)c2cc(F)cc(Cl)c2)CC1. The Bertz CT molecular complexity index is 441. The Morgan fingerprint density at radius 1 is 1.38 bits per heavy atom. The van der Waals surface area contributed by atoms with Gasteiger partial charge in [-0.25, -0.2) is 4.39 Å². The Kier molecular flexibility index (Phi) is 5.99. The molecule has 1 atom stereocenters. The van der Waals surface area contributed by atoms with E-state index in [4.69, 9.17) is 17.3 Å². The maximum absolute atomic E-state index is 13.6. The summed E-state index contributed by atoms with van der Waals surface area (Å²) in [4.78, 5) is 4.75. The smallest absolute Gasteiger partial charge is 0.125 e. The molecule has 1 heterocycles. The van der Waals surface area contributed by atoms with Gasteiger partial charge in [-0.1, -0.05) is 18.5 Å². The van der Waals surface area contributed by atoms with Crippen LogP contribution in [0.15, 0.2) is 18.2 Å². The molecule has 118 valence electrons. The first kappa shape index (κ1) is 16.7. The Labute approximate surface area is 131 Å². The molecule has 0 aromatic heterocycles. The highest BCUT2D eigenvalue weighted by Crippen LogP contribution is 2.27. The molecule has 2 rings (SSSR count). The van der Waals surface area contributed by atoms with E-state index in [0.717, 1.165) is 38.0 Å². The number of likely N-dealkylation sites (tertiary alicyclic amines) is 1. The molecule has 1 aromatic carbocycles. The van der Waals surface area contributed by atoms with Crippen LogP contribution in [0.25, 0.3) is 0 Å². The van der Waals surface area contributed by atoms with Crippen LogP contribution in [0.4, 0.5) is 4.39 Å². The molecule has 5 heteroatoms. The fourth-order valence-corrected chi connectivity index (χ4v) is 3.43. The van der Waals surface area contributed by atoms with Gasteiger partial charge in [-0.3, -0.25) is 4.90 Å². The van der Waals surface area contributed by atoms with E-state index in [2.05, 4.69) is 23.8 Å². The molecule has 0 radical (unpaired) electrons. The molecule has 1 saturated heterocycles. The first-order chi connectivity index (χ1) is 10.0. The minimum absolute atomic E-state index is 0.0105. The van der Waals surface area contributed by atoms with E-state index in [1.54, 1.807) is 6.07 Å². The Balaban J connectivity index is 2.09. The molecule has 0 spiro atoms. The summed E-state index contributed by atoms with van der Waals surface area (Å²) < 4.78 is 13.6. The van der Waals surface area contributed by atoms with Crippen LogP contribution >= 0.6 is 11.6 Å². The quantitative estimate of drug-likeness (QED) is 0.907. The van der Waals surface area contributed by atoms with E-state index < -0.39 is 0 Å². The second-order valence-electron chi connectivity index (χ2n) is 5.79. The van der Waals surface area contributed by atoms with E-state index in [9.17, 15) is 4.39 Å². The van der Waals surface area contributed by atoms with E-state index in [1.165, 1.54) is 6.07 Å². The first-order valence-corrected chi connectivity index (χ1v) is 8.03. The third kappa shape index (κ3) is 4.16. The second kappa shape index (κ2) is 7.54. The fourth-order valence-electron chi connectivity index (χ4n) is 3.20. The van der Waals surface area contributed by atoms with Crippen LogP contribution in [0.5, 0.6) is 0 Å². The number of piperidine rings is 1. The summed E-state index contributed by atoms with van der Waals surface area (Å²) in [7, 11) is 2.09. The number of benzene rings is 1. The van der Waals surface area contributed by atoms with Gasteiger partial charge in [0, 0.05) is 23.7 Å². The average molecular weight is 314 g/mol. The van der Waals surface area contributed by atoms with Crippen molar-refractivity contribution in [3.63, 3.8) is 0 Å². The van der Waals surface area contributed by atoms with Gasteiger partial charge in [-0.05, 0) is 63.3 Å². The number of likely N-dealkylation sites (N-methyl/N-ethyl adjacent to an activating group) is 1. The van der Waals surface area contributed by atoms with Gasteiger partial charge in [0.2, 0.25) is 0 Å². The maximum Gasteiger partial charge on any atom is 0.125 e. The van der Waals surface area contributed by atoms with Gasteiger partial charge in [-0.15, -0.1) is 0 Å². The molecule has 0 aliphatic carbocycles. The van der Waals surface area contributed by atoms with Crippen molar-refractivity contribution in [2.45, 2.75) is 31.8 Å². The van der Waals surface area contributed by atoms with Crippen LogP contribution in [0.2, 0.25) is 5.02 Å². The molecule has 2 N–H and O–H groups in total. The summed E-state index contributed by atoms with van der Waals surface area (Å²) in [5.74, 6) is -0.301. The lowest BCUT2D eigenvalue weighted by molar-refractivity contribution is 0.101. The maximum atomic E-state index is 13.6. The summed E-state index contributed by atoms with van der Waals surface area (Å²) in [6, 6.07) is 5.19. The van der Waals surface area contributed by atoms with Crippen LogP contribution < -0.4 is 5.73 Å². The van der Waals surface area contributed by atoms with Crippen LogP contribution in [-0.2, 0) is 0 Å². The summed E-state index contributed by atoms with van der Waals surface area (Å²) in [6.07, 6.45) is 2.26. The van der Waals surface area contributed by atoms with Crippen molar-refractivity contribution in [1.82, 2.24) is 9.80 Å². The standard InChI is InChI=1S/C16H25ClFN3/c1-3-21-6-4-15(5-7-21)20(2)16(11-19)12-8-13(17)10-14(18)9-12/h8-10,15-16H,3-7,11,19H2,1-2H3. The summed E-state index contributed by atoms with van der Waals surface area (Å²) in [5, 5.41) is 0.428. The highest BCUT2D eigenvalue weighted by Gasteiger charge is 2.27. The zero-order valence-corrected chi connectivity index (χ0v) is 13.6. The number of rotatable bonds is 5. The molecule has 1 aliphatic rings. The lowest BCUT2D eigenvalue weighted by Crippen LogP contribution is -2.45. The van der Waals surface area contributed by atoms with Gasteiger partial charge in [0.1, 0.15) is 5.82 Å². The van der Waals surface area contributed by atoms with Gasteiger partial charge in [0.15, 0.2) is 0 Å². The van der Waals surface area contributed by atoms with Crippen molar-refractivity contribution in [3.05, 3.63) is 34.6 Å². The number of hydrogen-bond acceptors (Lipinski definition) is 3. The van der Waals surface area contributed by atoms with E-state index >= 15 is 0 Å². The first-order valence-electron chi connectivity index (χ1n) is 7.65. The normalized spacial score (nSPS) is 19.1. The second-order valence-corrected chi connectivity index (χ2v) is 6.22. The third-order valence-corrected chi connectivity index (χ3v) is 4.78. The van der Waals surface area contributed by atoms with Gasteiger partial charge < -0.3 is 10.6 Å². The Hall–Kier alpha value is -0.680. The highest BCUT2D eigenvalue weighted by atomic mass is 35.5. The largest absolute Gasteiger partial charge is 0.329 e. The zero-order chi connectivity index (χ0) is 15.4. The monoisotopic (exact) mass is 313 g/mol. The van der Waals surface area contributed by atoms with Crippen LogP contribution in [0, 0.1) is 5.82 Å². The van der Waals surface area contributed by atoms with Crippen molar-refractivity contribution < 1.29 is 4.39 Å². The van der Waals surface area contributed by atoms with E-state index in [1.807, 2.05) is 6.07 Å². The zero-order valence-electron chi connectivity index (χ0n) is 12.9. The Morgan fingerprint density at radius 3 is 2.57 bits per heavy atom. The van der Waals surface area contributed by atoms with Gasteiger partial charge in [0.05, 0.1) is 0 Å². The lowest BCUT2D eigenvalue weighted by atomic mass is 9.98. The Morgan fingerprint density at radius 2 is 2.05 bits per heavy atom. The molecular weight excluding hydrogens is 289 g/mol. The van der Waals surface area contributed by atoms with Crippen molar-refractivity contribution in [2.24, 2.45) is 5.73 Å². The molecule has 0 saturated carbocycles. The molecule has 1 aromatic rings. The molecule has 1 aliphatic heterocycles. The number of halogens is 2. The minimum Gasteiger partial charge on any atom is -0.329 e. The summed E-state index contributed by atoms with van der Waals surface area (Å²) in [5.41, 5.74) is 6.81. The predicted octanol–water partition coefficient (Wildman–Crippen LogP) is 2.90. The molecule has 1 unspecified atom stereocenters. The van der Waals surface area contributed by atoms with Gasteiger partial charge in [0.25, 0.3) is 0 Å². The third-order valence-electron chi connectivity index (χ3n) is 4.56. The van der Waals surface area contributed by atoms with Crippen molar-refractivity contribution in [1.29, 1.82) is 0 Å². The van der Waals surface area contributed by atoms with E-state index in [0.29, 0.717) is 17.6 Å². The van der Waals surface area contributed by atoms with Crippen molar-refractivity contribution in [3.8, 4) is 0 Å². The number of nitrogens with two attached hydrogens (primary N) is 1. The lowest BCUT2D eigenvalue weighted by Gasteiger charge is -2.40. The fraction of sp³-hybridized carbons (Fsp3) is 0.625. The molecular formula is C16H25ClFN3. The summed E-state index contributed by atoms with van der Waals surface area (Å²) in [6.45, 7) is 6.00. The molecule has 0 bridgehead atoms. The van der Waals surface area contributed by atoms with Crippen LogP contribution in [0.3, 0.4) is 0 Å². The minimum atomic E-state index is -0.301. The van der Waals surface area contributed by atoms with Gasteiger partial charge in [-0.2, -0.15) is 0 Å². The van der Waals surface area contributed by atoms with Gasteiger partial charge >= 0.3 is 0 Å². The number of hydrogen-bond donors (Lipinski definition) is 1. The highest BCUT2D eigenvalue weighted by molar-refractivity contribution is 6.30. The van der Waals surface area contributed by atoms with Crippen LogP contribution in [-0.4, -0.2) is 49.1 Å². The molecule has 21 heavy (non-hydrogen) atoms. The molecule has 1 fully saturated rings. The number of nitrogens with zero attached hydrogens (tertiary/aromatic N) is 2. The van der Waals surface area contributed by atoms with E-state index in [-0.39, 0.29) is 11.9 Å². The van der Waals surface area contributed by atoms with Crippen molar-refractivity contribution >= 4 is 11.6 Å². The van der Waals surface area contributed by atoms with Crippen LogP contribution in [0.1, 0.15) is 31.4 Å².